The smallest absolute Gasteiger partial charge is 0.225 e. The van der Waals surface area contributed by atoms with Crippen molar-refractivity contribution in [2.45, 2.75) is 11.8 Å². The Hall–Kier alpha value is -2.04. The number of rotatable bonds is 8. The lowest BCUT2D eigenvalue weighted by atomic mass is 10.0. The minimum Gasteiger partial charge on any atom is -0.355 e. The maximum atomic E-state index is 15.8. The van der Waals surface area contributed by atoms with Gasteiger partial charge in [0.25, 0.3) is 0 Å². The average molecular weight is 485 g/mol. The number of thioether (sulfide) groups is 1. The van der Waals surface area contributed by atoms with Crippen LogP contribution in [0.2, 0.25) is 10.3 Å². The molecule has 164 valence electrons. The second-order valence-electron chi connectivity index (χ2n) is 6.37. The Kier molecular flexibility index (Phi) is 7.66. The number of hydrogen-bond acceptors (Lipinski definition) is 7. The van der Waals surface area contributed by atoms with Gasteiger partial charge in [0.05, 0.1) is 15.6 Å². The van der Waals surface area contributed by atoms with E-state index in [0.717, 1.165) is 11.8 Å². The lowest BCUT2D eigenvalue weighted by Gasteiger charge is -2.23. The number of fused-ring (bicyclic) bond motifs is 1. The first kappa shape index (κ1) is 23.6. The molecule has 0 spiro atoms. The Labute approximate surface area is 192 Å². The van der Waals surface area contributed by atoms with E-state index >= 15 is 4.39 Å². The van der Waals surface area contributed by atoms with Crippen LogP contribution < -0.4 is 16.4 Å². The fourth-order valence-corrected chi connectivity index (χ4v) is 4.48. The third-order valence-electron chi connectivity index (χ3n) is 4.65. The molecule has 11 heteroatoms. The largest absolute Gasteiger partial charge is 0.355 e. The number of anilines is 1. The van der Waals surface area contributed by atoms with E-state index in [2.05, 4.69) is 21.7 Å². The molecule has 4 N–H and O–H groups in total. The summed E-state index contributed by atoms with van der Waals surface area (Å²) in [4.78, 5) is 14.3. The highest BCUT2D eigenvalue weighted by molar-refractivity contribution is 7.99. The fraction of sp³-hybridized carbons (Fsp3) is 0.250. The maximum Gasteiger partial charge on any atom is 0.225 e. The average Bonchev–Trinajstić information content (AvgIpc) is 2.74. The Bertz CT molecular complexity index is 1140. The lowest BCUT2D eigenvalue weighted by Crippen LogP contribution is -2.30. The Balaban J connectivity index is 2.35. The quantitative estimate of drug-likeness (QED) is 0.202. The van der Waals surface area contributed by atoms with Crippen LogP contribution in [-0.4, -0.2) is 42.2 Å². The molecule has 0 saturated carbocycles. The standard InChI is InChI=1S/C20H20Cl2F2N6S/c1-3-30(7-6-25)19-11-8-12(21)14(15(24)16(11)28-20(22)29-19)10-4-5-13(23)18(31-9-26)17(10)27-2/h4-5,8H,2-3,6-7,9,25-26H2,1H3. The first-order valence-electron chi connectivity index (χ1n) is 9.30. The number of nitrogens with zero attached hydrogens (tertiary/aromatic N) is 4. The number of aromatic nitrogens is 2. The first-order chi connectivity index (χ1) is 14.9. The maximum absolute atomic E-state index is 15.8. The molecule has 31 heavy (non-hydrogen) atoms. The molecule has 0 aliphatic rings. The highest BCUT2D eigenvalue weighted by Gasteiger charge is 2.24. The molecule has 1 heterocycles. The number of nitrogens with two attached hydrogens (primary N) is 2. The van der Waals surface area contributed by atoms with Gasteiger partial charge >= 0.3 is 0 Å². The summed E-state index contributed by atoms with van der Waals surface area (Å²) in [5.74, 6) is -0.725. The third-order valence-corrected chi connectivity index (χ3v) is 5.97. The van der Waals surface area contributed by atoms with E-state index in [1.54, 1.807) is 6.07 Å². The van der Waals surface area contributed by atoms with Crippen LogP contribution in [0.3, 0.4) is 0 Å². The molecule has 0 atom stereocenters. The lowest BCUT2D eigenvalue weighted by molar-refractivity contribution is 0.602. The van der Waals surface area contributed by atoms with Crippen molar-refractivity contribution in [3.05, 3.63) is 40.1 Å². The van der Waals surface area contributed by atoms with Gasteiger partial charge in [-0.3, -0.25) is 4.99 Å². The molecule has 2 aromatic carbocycles. The van der Waals surface area contributed by atoms with Crippen molar-refractivity contribution in [2.24, 2.45) is 16.5 Å². The van der Waals surface area contributed by atoms with Gasteiger partial charge in [0.2, 0.25) is 5.28 Å². The molecular formula is C20H20Cl2F2N6S. The van der Waals surface area contributed by atoms with Gasteiger partial charge in [-0.15, -0.1) is 11.8 Å². The van der Waals surface area contributed by atoms with Crippen molar-refractivity contribution < 1.29 is 8.78 Å². The molecule has 0 radical (unpaired) electrons. The van der Waals surface area contributed by atoms with Crippen LogP contribution in [0.15, 0.2) is 28.1 Å². The van der Waals surface area contributed by atoms with E-state index < -0.39 is 11.6 Å². The summed E-state index contributed by atoms with van der Waals surface area (Å²) in [5, 5.41) is 0.351. The highest BCUT2D eigenvalue weighted by atomic mass is 35.5. The summed E-state index contributed by atoms with van der Waals surface area (Å²) in [6.07, 6.45) is 0. The summed E-state index contributed by atoms with van der Waals surface area (Å²) < 4.78 is 30.1. The molecule has 1 aromatic heterocycles. The summed E-state index contributed by atoms with van der Waals surface area (Å²) in [7, 11) is 0. The van der Waals surface area contributed by atoms with Gasteiger partial charge in [0, 0.05) is 42.0 Å². The van der Waals surface area contributed by atoms with E-state index in [4.69, 9.17) is 34.7 Å². The number of benzene rings is 2. The van der Waals surface area contributed by atoms with E-state index in [1.165, 1.54) is 12.1 Å². The van der Waals surface area contributed by atoms with Crippen LogP contribution in [-0.2, 0) is 0 Å². The van der Waals surface area contributed by atoms with E-state index in [-0.39, 0.29) is 43.4 Å². The molecule has 3 rings (SSSR count). The number of halogens is 4. The summed E-state index contributed by atoms with van der Waals surface area (Å²) in [6.45, 7) is 6.85. The zero-order valence-electron chi connectivity index (χ0n) is 16.6. The van der Waals surface area contributed by atoms with E-state index in [9.17, 15) is 4.39 Å². The second kappa shape index (κ2) is 10.1. The molecule has 6 nitrogen and oxygen atoms in total. The van der Waals surface area contributed by atoms with Gasteiger partial charge in [0.15, 0.2) is 5.82 Å². The third kappa shape index (κ3) is 4.47. The molecule has 0 saturated heterocycles. The minimum absolute atomic E-state index is 0.0121. The molecule has 0 unspecified atom stereocenters. The summed E-state index contributed by atoms with van der Waals surface area (Å²) >= 11 is 13.7. The van der Waals surface area contributed by atoms with E-state index in [1.807, 2.05) is 11.8 Å². The molecule has 0 aliphatic carbocycles. The Morgan fingerprint density at radius 2 is 1.97 bits per heavy atom. The van der Waals surface area contributed by atoms with Gasteiger partial charge in [-0.1, -0.05) is 11.6 Å². The molecule has 0 aliphatic heterocycles. The van der Waals surface area contributed by atoms with Gasteiger partial charge in [-0.05, 0) is 43.4 Å². The van der Waals surface area contributed by atoms with Crippen LogP contribution in [0.25, 0.3) is 22.0 Å². The van der Waals surface area contributed by atoms with Crippen molar-refractivity contribution in [3.63, 3.8) is 0 Å². The zero-order chi connectivity index (χ0) is 22.7. The summed E-state index contributed by atoms with van der Waals surface area (Å²) in [6, 6.07) is 4.17. The van der Waals surface area contributed by atoms with Crippen LogP contribution in [0.4, 0.5) is 20.3 Å². The highest BCUT2D eigenvalue weighted by Crippen LogP contribution is 2.45. The fourth-order valence-electron chi connectivity index (χ4n) is 3.34. The summed E-state index contributed by atoms with van der Waals surface area (Å²) in [5.41, 5.74) is 11.7. The van der Waals surface area contributed by atoms with Crippen LogP contribution in [0, 0.1) is 11.6 Å². The van der Waals surface area contributed by atoms with Gasteiger partial charge < -0.3 is 16.4 Å². The number of aliphatic imine (C=N–C) groups is 1. The first-order valence-corrected chi connectivity index (χ1v) is 11.0. The van der Waals surface area contributed by atoms with Gasteiger partial charge in [0.1, 0.15) is 17.2 Å². The SMILES string of the molecule is C=Nc1c(-c2c(Cl)cc3c(N(CC)CCN)nc(Cl)nc3c2F)ccc(F)c1SCN. The van der Waals surface area contributed by atoms with Gasteiger partial charge in [-0.2, -0.15) is 4.98 Å². The predicted octanol–water partition coefficient (Wildman–Crippen LogP) is 5.01. The van der Waals surface area contributed by atoms with Crippen LogP contribution in [0.5, 0.6) is 0 Å². The Morgan fingerprint density at radius 1 is 1.23 bits per heavy atom. The minimum atomic E-state index is -0.725. The molecule has 0 bridgehead atoms. The second-order valence-corrected chi connectivity index (χ2v) is 8.15. The molecule has 0 amide bonds. The normalized spacial score (nSPS) is 11.2. The topological polar surface area (TPSA) is 93.4 Å². The Morgan fingerprint density at radius 3 is 2.58 bits per heavy atom. The van der Waals surface area contributed by atoms with Crippen molar-refractivity contribution in [3.8, 4) is 11.1 Å². The number of hydrogen-bond donors (Lipinski definition) is 2. The molecule has 0 fully saturated rings. The number of likely N-dealkylation sites (N-methyl/N-ethyl adjacent to an activating group) is 1. The van der Waals surface area contributed by atoms with Crippen molar-refractivity contribution >= 4 is 64.1 Å². The van der Waals surface area contributed by atoms with Crippen LogP contribution in [0.1, 0.15) is 6.92 Å². The van der Waals surface area contributed by atoms with Crippen molar-refractivity contribution in [1.29, 1.82) is 0 Å². The molecular weight excluding hydrogens is 465 g/mol. The monoisotopic (exact) mass is 484 g/mol. The van der Waals surface area contributed by atoms with Crippen molar-refractivity contribution in [1.82, 2.24) is 9.97 Å². The predicted molar refractivity (Wildman–Crippen MR) is 126 cm³/mol. The van der Waals surface area contributed by atoms with Crippen molar-refractivity contribution in [2.75, 3.05) is 30.4 Å². The zero-order valence-corrected chi connectivity index (χ0v) is 19.0. The van der Waals surface area contributed by atoms with E-state index in [0.29, 0.717) is 30.8 Å². The van der Waals surface area contributed by atoms with Crippen LogP contribution >= 0.6 is 35.0 Å². The molecule has 3 aromatic rings. The van der Waals surface area contributed by atoms with Gasteiger partial charge in [-0.25, -0.2) is 13.8 Å².